The minimum Gasteiger partial charge on any atom is -0.368 e. The van der Waals surface area contributed by atoms with Crippen molar-refractivity contribution in [1.82, 2.24) is 30.4 Å². The van der Waals surface area contributed by atoms with Gasteiger partial charge in [0.2, 0.25) is 0 Å². The van der Waals surface area contributed by atoms with Crippen molar-refractivity contribution < 1.29 is 0 Å². The van der Waals surface area contributed by atoms with E-state index in [1.54, 1.807) is 17.5 Å². The van der Waals surface area contributed by atoms with E-state index >= 15 is 0 Å². The molecule has 1 aliphatic heterocycles. The third kappa shape index (κ3) is 3.29. The predicted octanol–water partition coefficient (Wildman–Crippen LogP) is 4.59. The van der Waals surface area contributed by atoms with Crippen molar-refractivity contribution in [3.05, 3.63) is 59.5 Å². The molecule has 0 spiro atoms. The largest absolute Gasteiger partial charge is 0.368 e. The molecule has 6 nitrogen and oxygen atoms in total. The summed E-state index contributed by atoms with van der Waals surface area (Å²) in [6.07, 6.45) is 3.66. The third-order valence-corrected chi connectivity index (χ3v) is 6.98. The highest BCUT2D eigenvalue weighted by atomic mass is 35.5. The monoisotopic (exact) mass is 436 g/mol. The molecule has 0 radical (unpaired) electrons. The summed E-state index contributed by atoms with van der Waals surface area (Å²) in [4.78, 5) is 12.7. The molecule has 5 rings (SSSR count). The Balaban J connectivity index is 1.65. The maximum Gasteiger partial charge on any atom is 0.143 e. The number of fused-ring (bicyclic) bond motifs is 1. The number of halogens is 1. The van der Waals surface area contributed by atoms with Crippen molar-refractivity contribution in [2.45, 2.75) is 6.92 Å². The van der Waals surface area contributed by atoms with Crippen LogP contribution in [-0.4, -0.2) is 51.2 Å². The van der Waals surface area contributed by atoms with Crippen LogP contribution < -0.4 is 5.32 Å². The van der Waals surface area contributed by atoms with Crippen LogP contribution in [0.5, 0.6) is 0 Å². The van der Waals surface area contributed by atoms with Crippen LogP contribution in [-0.2, 0) is 0 Å². The number of aromatic amines is 1. The molecule has 0 bridgehead atoms. The number of aryl methyl sites for hydroxylation is 1. The minimum atomic E-state index is 0.712. The van der Waals surface area contributed by atoms with Crippen LogP contribution >= 0.6 is 22.9 Å². The Morgan fingerprint density at radius 3 is 2.83 bits per heavy atom. The van der Waals surface area contributed by atoms with Crippen LogP contribution in [0.4, 0.5) is 0 Å². The lowest BCUT2D eigenvalue weighted by Crippen LogP contribution is -2.42. The van der Waals surface area contributed by atoms with Crippen molar-refractivity contribution in [2.24, 2.45) is 0 Å². The molecule has 1 fully saturated rings. The van der Waals surface area contributed by atoms with Crippen LogP contribution in [0.15, 0.2) is 43.2 Å². The Kier molecular flexibility index (Phi) is 5.02. The van der Waals surface area contributed by atoms with E-state index < -0.39 is 0 Å². The highest BCUT2D eigenvalue weighted by Gasteiger charge is 2.23. The standard InChI is InChI=1S/C22H21ClN6S/c1-13-17(23)6-5-16-18(13)27-28-20(16)22-26-19(14(2)29-10-8-24-9-11-29)21(30-22)15-4-3-7-25-12-15/h3-7,12,24H,2,8-11H2,1H3,(H,27,28). The van der Waals surface area contributed by atoms with Gasteiger partial charge in [-0.05, 0) is 30.7 Å². The van der Waals surface area contributed by atoms with Gasteiger partial charge in [-0.3, -0.25) is 10.1 Å². The second-order valence-corrected chi connectivity index (χ2v) is 8.70. The first-order chi connectivity index (χ1) is 14.6. The van der Waals surface area contributed by atoms with Gasteiger partial charge in [-0.1, -0.05) is 24.2 Å². The van der Waals surface area contributed by atoms with Gasteiger partial charge in [-0.15, -0.1) is 11.3 Å². The number of pyridine rings is 1. The summed E-state index contributed by atoms with van der Waals surface area (Å²) in [5.41, 5.74) is 5.62. The molecule has 2 N–H and O–H groups in total. The van der Waals surface area contributed by atoms with Crippen molar-refractivity contribution in [3.8, 4) is 21.1 Å². The molecule has 0 saturated carbocycles. The van der Waals surface area contributed by atoms with Crippen molar-refractivity contribution in [1.29, 1.82) is 0 Å². The van der Waals surface area contributed by atoms with E-state index in [0.717, 1.165) is 75.2 Å². The fourth-order valence-corrected chi connectivity index (χ4v) is 5.00. The first-order valence-electron chi connectivity index (χ1n) is 9.83. The quantitative estimate of drug-likeness (QED) is 0.489. The molecule has 152 valence electrons. The molecular formula is C22H21ClN6S. The lowest BCUT2D eigenvalue weighted by molar-refractivity contribution is 0.341. The molecule has 0 atom stereocenters. The number of piperazine rings is 1. The van der Waals surface area contributed by atoms with Crippen LogP contribution in [0.25, 0.3) is 37.7 Å². The van der Waals surface area contributed by atoms with Crippen LogP contribution in [0.3, 0.4) is 0 Å². The van der Waals surface area contributed by atoms with E-state index in [1.165, 1.54) is 0 Å². The maximum atomic E-state index is 6.28. The Morgan fingerprint density at radius 1 is 1.23 bits per heavy atom. The highest BCUT2D eigenvalue weighted by Crippen LogP contribution is 2.40. The minimum absolute atomic E-state index is 0.712. The van der Waals surface area contributed by atoms with Gasteiger partial charge in [0, 0.05) is 54.5 Å². The van der Waals surface area contributed by atoms with Gasteiger partial charge in [0.25, 0.3) is 0 Å². The number of H-pyrrole nitrogens is 1. The van der Waals surface area contributed by atoms with E-state index in [0.29, 0.717) is 5.02 Å². The molecule has 0 amide bonds. The van der Waals surface area contributed by atoms with Crippen molar-refractivity contribution in [3.63, 3.8) is 0 Å². The SMILES string of the molecule is C=C(c1nc(-c2[nH]nc3c(C)c(Cl)ccc23)sc1-c1cccnc1)N1CCNCC1. The van der Waals surface area contributed by atoms with Crippen LogP contribution in [0.1, 0.15) is 11.3 Å². The highest BCUT2D eigenvalue weighted by molar-refractivity contribution is 7.18. The molecule has 1 aromatic carbocycles. The number of hydrogen-bond donors (Lipinski definition) is 2. The van der Waals surface area contributed by atoms with E-state index in [1.807, 2.05) is 31.3 Å². The Bertz CT molecular complexity index is 1220. The van der Waals surface area contributed by atoms with Gasteiger partial charge in [-0.25, -0.2) is 4.98 Å². The van der Waals surface area contributed by atoms with Gasteiger partial charge in [0.05, 0.1) is 16.1 Å². The van der Waals surface area contributed by atoms with Gasteiger partial charge < -0.3 is 10.2 Å². The lowest BCUT2D eigenvalue weighted by atomic mass is 10.1. The molecule has 0 aliphatic carbocycles. The predicted molar refractivity (Wildman–Crippen MR) is 124 cm³/mol. The van der Waals surface area contributed by atoms with Crippen molar-refractivity contribution >= 4 is 39.5 Å². The second kappa shape index (κ2) is 7.83. The molecular weight excluding hydrogens is 416 g/mol. The van der Waals surface area contributed by atoms with E-state index in [2.05, 4.69) is 38.0 Å². The number of benzene rings is 1. The molecule has 3 aromatic heterocycles. The zero-order valence-electron chi connectivity index (χ0n) is 16.6. The second-order valence-electron chi connectivity index (χ2n) is 7.29. The fourth-order valence-electron chi connectivity index (χ4n) is 3.76. The van der Waals surface area contributed by atoms with Gasteiger partial charge >= 0.3 is 0 Å². The van der Waals surface area contributed by atoms with E-state index in [4.69, 9.17) is 16.6 Å². The molecule has 4 heterocycles. The van der Waals surface area contributed by atoms with E-state index in [-0.39, 0.29) is 0 Å². The summed E-state index contributed by atoms with van der Waals surface area (Å²) in [7, 11) is 0. The third-order valence-electron chi connectivity index (χ3n) is 5.45. The first-order valence-corrected chi connectivity index (χ1v) is 11.0. The summed E-state index contributed by atoms with van der Waals surface area (Å²) in [6, 6.07) is 7.92. The Labute approximate surface area is 183 Å². The number of rotatable bonds is 4. The number of nitrogens with one attached hydrogen (secondary N) is 2. The molecule has 0 unspecified atom stereocenters. The Hall–Kier alpha value is -2.74. The van der Waals surface area contributed by atoms with Crippen molar-refractivity contribution in [2.75, 3.05) is 26.2 Å². The number of aromatic nitrogens is 4. The number of hydrogen-bond acceptors (Lipinski definition) is 6. The van der Waals surface area contributed by atoms with Crippen LogP contribution in [0.2, 0.25) is 5.02 Å². The summed E-state index contributed by atoms with van der Waals surface area (Å²) in [5, 5.41) is 13.7. The fraction of sp³-hybridized carbons (Fsp3) is 0.227. The number of thiazole rings is 1. The molecule has 1 aliphatic rings. The average Bonchev–Trinajstić information content (AvgIpc) is 3.42. The zero-order chi connectivity index (χ0) is 20.7. The molecule has 4 aromatic rings. The summed E-state index contributed by atoms with van der Waals surface area (Å²) in [6.45, 7) is 10.1. The van der Waals surface area contributed by atoms with Gasteiger partial charge in [0.1, 0.15) is 16.4 Å². The Morgan fingerprint density at radius 2 is 2.07 bits per heavy atom. The smallest absolute Gasteiger partial charge is 0.143 e. The van der Waals surface area contributed by atoms with Crippen LogP contribution in [0, 0.1) is 6.92 Å². The van der Waals surface area contributed by atoms with E-state index in [9.17, 15) is 0 Å². The summed E-state index contributed by atoms with van der Waals surface area (Å²) in [5.74, 6) is 0. The van der Waals surface area contributed by atoms with Gasteiger partial charge in [0.15, 0.2) is 0 Å². The normalized spacial score (nSPS) is 14.4. The number of nitrogens with zero attached hydrogens (tertiary/aromatic N) is 4. The average molecular weight is 437 g/mol. The first kappa shape index (κ1) is 19.2. The maximum absolute atomic E-state index is 6.28. The molecule has 1 saturated heterocycles. The topological polar surface area (TPSA) is 69.7 Å². The molecule has 30 heavy (non-hydrogen) atoms. The zero-order valence-corrected chi connectivity index (χ0v) is 18.1. The van der Waals surface area contributed by atoms with Gasteiger partial charge in [-0.2, -0.15) is 5.10 Å². The summed E-state index contributed by atoms with van der Waals surface area (Å²) >= 11 is 7.91. The lowest BCUT2D eigenvalue weighted by Gasteiger charge is -2.30. The summed E-state index contributed by atoms with van der Waals surface area (Å²) < 4.78 is 0. The molecule has 8 heteroatoms.